The Morgan fingerprint density at radius 3 is 2.69 bits per heavy atom. The molecule has 0 bridgehead atoms. The molecule has 0 spiro atoms. The molecule has 2 aromatic rings. The van der Waals surface area contributed by atoms with E-state index in [9.17, 15) is 14.4 Å². The van der Waals surface area contributed by atoms with E-state index in [-0.39, 0.29) is 17.5 Å². The highest BCUT2D eigenvalue weighted by Gasteiger charge is 2.32. The number of nitrogens with zero attached hydrogens (tertiary/aromatic N) is 4. The topological polar surface area (TPSA) is 97.4 Å². The third kappa shape index (κ3) is 3.97. The average molecular weight is 398 g/mol. The van der Waals surface area contributed by atoms with E-state index >= 15 is 0 Å². The number of carbonyl (C=O) groups is 2. The largest absolute Gasteiger partial charge is 0.478 e. The first-order valence-electron chi connectivity index (χ1n) is 10.2. The van der Waals surface area contributed by atoms with Crippen LogP contribution in [0.1, 0.15) is 41.0 Å². The van der Waals surface area contributed by atoms with Crippen LogP contribution >= 0.6 is 0 Å². The summed E-state index contributed by atoms with van der Waals surface area (Å²) in [5, 5.41) is 13.4. The summed E-state index contributed by atoms with van der Waals surface area (Å²) in [5.74, 6) is 0.285. The Kier molecular flexibility index (Phi) is 5.25. The van der Waals surface area contributed by atoms with Crippen molar-refractivity contribution in [1.29, 1.82) is 0 Å². The second-order valence-electron chi connectivity index (χ2n) is 8.15. The number of rotatable bonds is 4. The van der Waals surface area contributed by atoms with Gasteiger partial charge in [0.15, 0.2) is 0 Å². The van der Waals surface area contributed by atoms with Crippen molar-refractivity contribution in [3.05, 3.63) is 51.7 Å². The molecule has 8 nitrogen and oxygen atoms in total. The lowest BCUT2D eigenvalue weighted by Crippen LogP contribution is -2.45. The number of benzene rings is 1. The van der Waals surface area contributed by atoms with Crippen molar-refractivity contribution in [3.8, 4) is 0 Å². The third-order valence-corrected chi connectivity index (χ3v) is 6.18. The third-order valence-electron chi connectivity index (χ3n) is 6.18. The molecule has 29 heavy (non-hydrogen) atoms. The number of piperidine rings is 1. The fraction of sp³-hybridized carbons (Fsp3) is 0.524. The van der Waals surface area contributed by atoms with Crippen LogP contribution in [0.25, 0.3) is 0 Å². The maximum absolute atomic E-state index is 13.0. The summed E-state index contributed by atoms with van der Waals surface area (Å²) in [4.78, 5) is 38.2. The zero-order chi connectivity index (χ0) is 20.5. The number of aryl methyl sites for hydroxylation is 2. The lowest BCUT2D eigenvalue weighted by atomic mass is 9.88. The quantitative estimate of drug-likeness (QED) is 0.838. The van der Waals surface area contributed by atoms with Gasteiger partial charge in [0.1, 0.15) is 5.82 Å². The molecule has 1 aromatic carbocycles. The molecule has 1 atom stereocenters. The van der Waals surface area contributed by atoms with Gasteiger partial charge in [-0.1, -0.05) is 12.1 Å². The van der Waals surface area contributed by atoms with Gasteiger partial charge in [-0.25, -0.2) is 14.3 Å². The van der Waals surface area contributed by atoms with Crippen LogP contribution in [0.3, 0.4) is 0 Å². The van der Waals surface area contributed by atoms with Gasteiger partial charge in [0, 0.05) is 33.1 Å². The number of carboxylic acid groups (broad SMARTS) is 1. The molecular formula is C21H26N4O4. The van der Waals surface area contributed by atoms with Crippen LogP contribution in [0.15, 0.2) is 29.1 Å². The molecule has 2 aliphatic heterocycles. The van der Waals surface area contributed by atoms with Crippen LogP contribution in [-0.2, 0) is 31.2 Å². The second-order valence-corrected chi connectivity index (χ2v) is 8.15. The van der Waals surface area contributed by atoms with Gasteiger partial charge in [0.2, 0.25) is 5.91 Å². The Labute approximate surface area is 168 Å². The highest BCUT2D eigenvalue weighted by Crippen LogP contribution is 2.25. The van der Waals surface area contributed by atoms with E-state index in [2.05, 4.69) is 5.10 Å². The van der Waals surface area contributed by atoms with Gasteiger partial charge in [-0.3, -0.25) is 9.36 Å². The number of hydrogen-bond acceptors (Lipinski definition) is 4. The molecular weight excluding hydrogens is 372 g/mol. The fourth-order valence-electron chi connectivity index (χ4n) is 4.52. The Hall–Kier alpha value is -2.90. The molecule has 154 valence electrons. The van der Waals surface area contributed by atoms with E-state index in [0.717, 1.165) is 37.1 Å². The van der Waals surface area contributed by atoms with Gasteiger partial charge in [-0.2, -0.15) is 5.10 Å². The highest BCUT2D eigenvalue weighted by atomic mass is 16.4. The zero-order valence-corrected chi connectivity index (χ0v) is 16.6. The molecule has 0 aliphatic carbocycles. The standard InChI is InChI=1S/C21H26N4O4/c1-23-21(29)25-13-17(5-6-18(25)22-23)19(26)24-9-7-14(8-10-24)11-15-3-2-4-16(12-15)20(27)28/h2-4,12,14,17H,5-11,13H2,1H3,(H,27,28). The van der Waals surface area contributed by atoms with Crippen molar-refractivity contribution >= 4 is 11.9 Å². The number of carboxylic acids is 1. The minimum absolute atomic E-state index is 0.137. The Balaban J connectivity index is 1.33. The van der Waals surface area contributed by atoms with Gasteiger partial charge in [-0.05, 0) is 49.3 Å². The molecule has 1 fully saturated rings. The smallest absolute Gasteiger partial charge is 0.345 e. The maximum atomic E-state index is 13.0. The summed E-state index contributed by atoms with van der Waals surface area (Å²) in [6, 6.07) is 7.10. The molecule has 8 heteroatoms. The van der Waals surface area contributed by atoms with Gasteiger partial charge in [0.05, 0.1) is 11.5 Å². The molecule has 3 heterocycles. The van der Waals surface area contributed by atoms with Crippen molar-refractivity contribution < 1.29 is 14.7 Å². The molecule has 4 rings (SSSR count). The predicted octanol–water partition coefficient (Wildman–Crippen LogP) is 1.32. The summed E-state index contributed by atoms with van der Waals surface area (Å²) in [6.07, 6.45) is 4.04. The van der Waals surface area contributed by atoms with E-state index in [1.54, 1.807) is 29.8 Å². The van der Waals surface area contributed by atoms with Gasteiger partial charge >= 0.3 is 11.7 Å². The molecule has 1 unspecified atom stereocenters. The van der Waals surface area contributed by atoms with Crippen LogP contribution in [-0.4, -0.2) is 49.3 Å². The van der Waals surface area contributed by atoms with E-state index in [4.69, 9.17) is 5.11 Å². The van der Waals surface area contributed by atoms with Gasteiger partial charge in [-0.15, -0.1) is 0 Å². The molecule has 1 saturated heterocycles. The van der Waals surface area contributed by atoms with E-state index in [1.165, 1.54) is 4.68 Å². The van der Waals surface area contributed by atoms with Crippen LogP contribution in [0.2, 0.25) is 0 Å². The van der Waals surface area contributed by atoms with Crippen LogP contribution in [0.5, 0.6) is 0 Å². The van der Waals surface area contributed by atoms with Crippen molar-refractivity contribution in [3.63, 3.8) is 0 Å². The van der Waals surface area contributed by atoms with Gasteiger partial charge in [0.25, 0.3) is 0 Å². The van der Waals surface area contributed by atoms with Crippen molar-refractivity contribution in [2.45, 2.75) is 38.6 Å². The first-order valence-corrected chi connectivity index (χ1v) is 10.2. The summed E-state index contributed by atoms with van der Waals surface area (Å²) in [5.41, 5.74) is 1.20. The van der Waals surface area contributed by atoms with Crippen molar-refractivity contribution in [2.24, 2.45) is 18.9 Å². The first-order chi connectivity index (χ1) is 13.9. The van der Waals surface area contributed by atoms with Gasteiger partial charge < -0.3 is 10.0 Å². The highest BCUT2D eigenvalue weighted by molar-refractivity contribution is 5.87. The Bertz CT molecular complexity index is 985. The summed E-state index contributed by atoms with van der Waals surface area (Å²) >= 11 is 0. The Morgan fingerprint density at radius 2 is 1.97 bits per heavy atom. The number of hydrogen-bond donors (Lipinski definition) is 1. The number of aromatic nitrogens is 3. The summed E-state index contributed by atoms with van der Waals surface area (Å²) in [6.45, 7) is 1.85. The monoisotopic (exact) mass is 398 g/mol. The number of likely N-dealkylation sites (tertiary alicyclic amines) is 1. The van der Waals surface area contributed by atoms with Crippen molar-refractivity contribution in [2.75, 3.05) is 13.1 Å². The van der Waals surface area contributed by atoms with E-state index in [1.807, 2.05) is 11.0 Å². The van der Waals surface area contributed by atoms with Crippen LogP contribution in [0, 0.1) is 11.8 Å². The lowest BCUT2D eigenvalue weighted by molar-refractivity contribution is -0.138. The molecule has 2 aliphatic rings. The summed E-state index contributed by atoms with van der Waals surface area (Å²) < 4.78 is 2.97. The van der Waals surface area contributed by atoms with E-state index < -0.39 is 5.97 Å². The molecule has 1 N–H and O–H groups in total. The lowest BCUT2D eigenvalue weighted by Gasteiger charge is -2.35. The Morgan fingerprint density at radius 1 is 1.21 bits per heavy atom. The average Bonchev–Trinajstić information content (AvgIpc) is 3.01. The summed E-state index contributed by atoms with van der Waals surface area (Å²) in [7, 11) is 1.64. The number of aromatic carboxylic acids is 1. The molecule has 1 aromatic heterocycles. The predicted molar refractivity (Wildman–Crippen MR) is 106 cm³/mol. The zero-order valence-electron chi connectivity index (χ0n) is 16.6. The number of amides is 1. The molecule has 1 amide bonds. The minimum atomic E-state index is -0.907. The van der Waals surface area contributed by atoms with Crippen LogP contribution in [0.4, 0.5) is 0 Å². The molecule has 0 radical (unpaired) electrons. The number of carbonyl (C=O) groups excluding carboxylic acids is 1. The fourth-order valence-corrected chi connectivity index (χ4v) is 4.52. The van der Waals surface area contributed by atoms with Crippen molar-refractivity contribution in [1.82, 2.24) is 19.2 Å². The minimum Gasteiger partial charge on any atom is -0.478 e. The van der Waals surface area contributed by atoms with E-state index in [0.29, 0.717) is 37.5 Å². The normalized spacial score (nSPS) is 19.8. The maximum Gasteiger partial charge on any atom is 0.345 e. The first kappa shape index (κ1) is 19.4. The SMILES string of the molecule is Cn1nc2n(c1=O)CC(C(=O)N1CCC(Cc3cccc(C(=O)O)c3)CC1)CC2. The second kappa shape index (κ2) is 7.85. The number of fused-ring (bicyclic) bond motifs is 1. The molecule has 0 saturated carbocycles. The van der Waals surface area contributed by atoms with Crippen LogP contribution < -0.4 is 5.69 Å².